The molecule has 0 bridgehead atoms. The molecule has 0 fully saturated rings. The second kappa shape index (κ2) is 10.6. The molecule has 10 heteroatoms. The highest BCUT2D eigenvalue weighted by Crippen LogP contribution is 2.37. The molecule has 33 heavy (non-hydrogen) atoms. The molecule has 0 aliphatic carbocycles. The van der Waals surface area contributed by atoms with E-state index in [2.05, 4.69) is 32.5 Å². The highest BCUT2D eigenvalue weighted by molar-refractivity contribution is 6.15. The summed E-state index contributed by atoms with van der Waals surface area (Å²) in [6.45, 7) is 9.06. The Balaban J connectivity index is 1.81. The summed E-state index contributed by atoms with van der Waals surface area (Å²) in [7, 11) is 0. The number of allylic oxidation sites excluding steroid dienone is 1. The summed E-state index contributed by atoms with van der Waals surface area (Å²) in [4.78, 5) is 31.7. The Bertz CT molecular complexity index is 1110. The third-order valence-electron chi connectivity index (χ3n) is 5.12. The van der Waals surface area contributed by atoms with Crippen LogP contribution in [0.25, 0.3) is 11.3 Å². The van der Waals surface area contributed by atoms with Gasteiger partial charge in [0.15, 0.2) is 12.4 Å². The molecular formula is C23H28N6O4. The molecule has 10 nitrogen and oxygen atoms in total. The minimum atomic E-state index is -1.06. The first-order chi connectivity index (χ1) is 15.8. The van der Waals surface area contributed by atoms with E-state index in [0.29, 0.717) is 53.7 Å². The number of hydrogen-bond donors (Lipinski definition) is 5. The van der Waals surface area contributed by atoms with Crippen molar-refractivity contribution in [3.63, 3.8) is 0 Å². The van der Waals surface area contributed by atoms with Crippen LogP contribution in [0.3, 0.4) is 0 Å². The molecule has 0 unspecified atom stereocenters. The fraction of sp³-hybridized carbons (Fsp3) is 0.304. The number of carbonyl (C=O) groups excluding carboxylic acids is 1. The van der Waals surface area contributed by atoms with Crippen LogP contribution in [0, 0.1) is 6.92 Å². The van der Waals surface area contributed by atoms with E-state index in [4.69, 9.17) is 10.5 Å². The highest BCUT2D eigenvalue weighted by atomic mass is 16.5. The molecule has 0 spiro atoms. The summed E-state index contributed by atoms with van der Waals surface area (Å²) < 4.78 is 5.61. The molecule has 2 heterocycles. The molecule has 6 N–H and O–H groups in total. The summed E-state index contributed by atoms with van der Waals surface area (Å²) in [5, 5.41) is 18.8. The number of carboxylic acid groups (broad SMARTS) is 1. The van der Waals surface area contributed by atoms with Gasteiger partial charge in [0, 0.05) is 18.7 Å². The Morgan fingerprint density at radius 3 is 2.82 bits per heavy atom. The Labute approximate surface area is 192 Å². The first kappa shape index (κ1) is 23.7. The number of nitrogens with zero attached hydrogens (tertiary/aromatic N) is 2. The van der Waals surface area contributed by atoms with Crippen LogP contribution in [0.2, 0.25) is 0 Å². The van der Waals surface area contributed by atoms with Crippen LogP contribution >= 0.6 is 0 Å². The zero-order valence-corrected chi connectivity index (χ0v) is 18.7. The van der Waals surface area contributed by atoms with Gasteiger partial charge in [-0.1, -0.05) is 12.7 Å². The number of fused-ring (bicyclic) bond motifs is 1. The van der Waals surface area contributed by atoms with Crippen molar-refractivity contribution in [1.82, 2.24) is 15.3 Å². The average Bonchev–Trinajstić information content (AvgIpc) is 2.78. The Morgan fingerprint density at radius 1 is 1.36 bits per heavy atom. The van der Waals surface area contributed by atoms with Gasteiger partial charge in [0.05, 0.1) is 34.0 Å². The van der Waals surface area contributed by atoms with E-state index < -0.39 is 5.97 Å². The fourth-order valence-corrected chi connectivity index (χ4v) is 3.50. The van der Waals surface area contributed by atoms with Gasteiger partial charge in [0.25, 0.3) is 5.91 Å². The van der Waals surface area contributed by atoms with Gasteiger partial charge in [-0.3, -0.25) is 4.79 Å². The summed E-state index contributed by atoms with van der Waals surface area (Å²) in [5.41, 5.74) is 9.92. The molecule has 0 saturated carbocycles. The maximum absolute atomic E-state index is 11.8. The minimum Gasteiger partial charge on any atom is -0.479 e. The number of hydrogen-bond acceptors (Lipinski definition) is 8. The molecule has 0 saturated heterocycles. The van der Waals surface area contributed by atoms with Crippen molar-refractivity contribution < 1.29 is 19.4 Å². The maximum Gasteiger partial charge on any atom is 0.337 e. The Morgan fingerprint density at radius 2 is 2.12 bits per heavy atom. The van der Waals surface area contributed by atoms with Crippen molar-refractivity contribution in [2.45, 2.75) is 26.8 Å². The molecular weight excluding hydrogens is 424 g/mol. The van der Waals surface area contributed by atoms with Crippen molar-refractivity contribution in [3.05, 3.63) is 53.6 Å². The van der Waals surface area contributed by atoms with E-state index in [1.807, 2.05) is 12.1 Å². The SMILES string of the molecule is C=C(NCc1cc(NCCCN)c2c(c1)NC(=O)CO2)c1ncnc(/C(=C\C)C(=O)O)c1C. The lowest BCUT2D eigenvalue weighted by molar-refractivity contribution is -0.130. The number of aliphatic carboxylic acids is 1. The van der Waals surface area contributed by atoms with Gasteiger partial charge >= 0.3 is 5.97 Å². The molecule has 174 valence electrons. The number of ether oxygens (including phenoxy) is 1. The number of rotatable bonds is 10. The Hall–Kier alpha value is -3.92. The second-order valence-electron chi connectivity index (χ2n) is 7.46. The molecule has 1 amide bonds. The lowest BCUT2D eigenvalue weighted by atomic mass is 10.0. The maximum atomic E-state index is 11.8. The van der Waals surface area contributed by atoms with E-state index in [0.717, 1.165) is 17.7 Å². The van der Waals surface area contributed by atoms with E-state index in [1.54, 1.807) is 13.8 Å². The van der Waals surface area contributed by atoms with Gasteiger partial charge in [0.1, 0.15) is 6.33 Å². The predicted octanol–water partition coefficient (Wildman–Crippen LogP) is 2.13. The van der Waals surface area contributed by atoms with Crippen LogP contribution < -0.4 is 26.4 Å². The first-order valence-corrected chi connectivity index (χ1v) is 10.5. The number of benzene rings is 1. The topological polar surface area (TPSA) is 151 Å². The summed E-state index contributed by atoms with van der Waals surface area (Å²) in [6.07, 6.45) is 3.61. The molecule has 0 radical (unpaired) electrons. The molecule has 3 rings (SSSR count). The van der Waals surface area contributed by atoms with Crippen molar-refractivity contribution in [3.8, 4) is 5.75 Å². The number of aromatic nitrogens is 2. The monoisotopic (exact) mass is 452 g/mol. The standard InChI is InChI=1S/C23H28N6O4/c1-4-16(23(31)32)21-13(2)20(27-12-28-21)14(3)26-10-15-8-17(25-7-5-6-24)22-18(9-15)29-19(30)11-33-22/h4,8-9,12,25-26H,3,5-7,10-11,24H2,1-2H3,(H,29,30)(H,31,32)/b16-4+. The first-order valence-electron chi connectivity index (χ1n) is 10.5. The molecule has 1 aromatic carbocycles. The lowest BCUT2D eigenvalue weighted by Crippen LogP contribution is -2.26. The van der Waals surface area contributed by atoms with Crippen molar-refractivity contribution in [2.75, 3.05) is 30.3 Å². The van der Waals surface area contributed by atoms with Crippen LogP contribution in [0.15, 0.2) is 31.1 Å². The van der Waals surface area contributed by atoms with E-state index in [9.17, 15) is 14.7 Å². The van der Waals surface area contributed by atoms with E-state index in [-0.39, 0.29) is 18.1 Å². The predicted molar refractivity (Wildman–Crippen MR) is 127 cm³/mol. The van der Waals surface area contributed by atoms with Gasteiger partial charge in [0.2, 0.25) is 0 Å². The highest BCUT2D eigenvalue weighted by Gasteiger charge is 2.21. The normalized spacial score (nSPS) is 12.9. The quantitative estimate of drug-likeness (QED) is 0.270. The molecule has 2 aromatic rings. The summed E-state index contributed by atoms with van der Waals surface area (Å²) in [6, 6.07) is 3.77. The van der Waals surface area contributed by atoms with Crippen molar-refractivity contribution in [2.24, 2.45) is 5.73 Å². The van der Waals surface area contributed by atoms with E-state index in [1.165, 1.54) is 12.4 Å². The van der Waals surface area contributed by atoms with Gasteiger partial charge < -0.3 is 31.5 Å². The number of nitrogens with two attached hydrogens (primary N) is 1. The number of amides is 1. The van der Waals surface area contributed by atoms with Crippen LogP contribution in [-0.4, -0.2) is 46.6 Å². The van der Waals surface area contributed by atoms with E-state index >= 15 is 0 Å². The number of nitrogens with one attached hydrogen (secondary N) is 3. The molecule has 1 aromatic heterocycles. The third kappa shape index (κ3) is 5.47. The summed E-state index contributed by atoms with van der Waals surface area (Å²) >= 11 is 0. The molecule has 1 aliphatic rings. The molecule has 1 aliphatic heterocycles. The van der Waals surface area contributed by atoms with Crippen molar-refractivity contribution in [1.29, 1.82) is 0 Å². The van der Waals surface area contributed by atoms with Gasteiger partial charge in [-0.2, -0.15) is 0 Å². The zero-order chi connectivity index (χ0) is 24.0. The van der Waals surface area contributed by atoms with Gasteiger partial charge in [-0.05, 0) is 44.5 Å². The fourth-order valence-electron chi connectivity index (χ4n) is 3.50. The average molecular weight is 453 g/mol. The van der Waals surface area contributed by atoms with Crippen LogP contribution in [0.4, 0.5) is 11.4 Å². The summed E-state index contributed by atoms with van der Waals surface area (Å²) in [5.74, 6) is -0.679. The molecule has 0 atom stereocenters. The largest absolute Gasteiger partial charge is 0.479 e. The van der Waals surface area contributed by atoms with Crippen molar-refractivity contribution >= 4 is 34.5 Å². The second-order valence-corrected chi connectivity index (χ2v) is 7.46. The van der Waals surface area contributed by atoms with Crippen LogP contribution in [0.5, 0.6) is 5.75 Å². The van der Waals surface area contributed by atoms with Crippen LogP contribution in [-0.2, 0) is 16.1 Å². The number of anilines is 2. The number of carbonyl (C=O) groups is 2. The third-order valence-corrected chi connectivity index (χ3v) is 5.12. The Kier molecular flexibility index (Phi) is 7.62. The lowest BCUT2D eigenvalue weighted by Gasteiger charge is -2.23. The zero-order valence-electron chi connectivity index (χ0n) is 18.7. The minimum absolute atomic E-state index is 0.0349. The number of carboxylic acids is 1. The van der Waals surface area contributed by atoms with Gasteiger partial charge in [-0.25, -0.2) is 14.8 Å². The van der Waals surface area contributed by atoms with Gasteiger partial charge in [-0.15, -0.1) is 0 Å². The smallest absolute Gasteiger partial charge is 0.337 e. The van der Waals surface area contributed by atoms with Crippen LogP contribution in [0.1, 0.15) is 35.9 Å².